The van der Waals surface area contributed by atoms with Crippen LogP contribution in [-0.2, 0) is 16.6 Å². The Morgan fingerprint density at radius 1 is 1.17 bits per heavy atom. The van der Waals surface area contributed by atoms with Gasteiger partial charge < -0.3 is 9.88 Å². The lowest BCUT2D eigenvalue weighted by molar-refractivity contribution is -0.126. The SMILES string of the molecule is Cn1cccc1C(=O)NNC(=O)C1CC(=O)Nc2ccccc21. The molecule has 1 atom stereocenters. The number of amides is 3. The van der Waals surface area contributed by atoms with Gasteiger partial charge in [0.1, 0.15) is 5.69 Å². The van der Waals surface area contributed by atoms with E-state index in [2.05, 4.69) is 16.2 Å². The van der Waals surface area contributed by atoms with Gasteiger partial charge in [-0.1, -0.05) is 18.2 Å². The lowest BCUT2D eigenvalue weighted by Gasteiger charge is -2.24. The Morgan fingerprint density at radius 2 is 1.96 bits per heavy atom. The third-order valence-corrected chi connectivity index (χ3v) is 3.79. The van der Waals surface area contributed by atoms with Crippen molar-refractivity contribution in [1.29, 1.82) is 0 Å². The molecule has 1 aliphatic rings. The number of hydrogen-bond donors (Lipinski definition) is 3. The summed E-state index contributed by atoms with van der Waals surface area (Å²) in [7, 11) is 1.73. The molecule has 1 aromatic carbocycles. The maximum absolute atomic E-state index is 12.4. The molecular weight excluding hydrogens is 296 g/mol. The largest absolute Gasteiger partial charge is 0.347 e. The molecule has 1 aromatic heterocycles. The lowest BCUT2D eigenvalue weighted by atomic mass is 9.90. The van der Waals surface area contributed by atoms with E-state index < -0.39 is 17.7 Å². The molecule has 3 N–H and O–H groups in total. The number of benzene rings is 1. The highest BCUT2D eigenvalue weighted by molar-refractivity contribution is 6.02. The van der Waals surface area contributed by atoms with Crippen LogP contribution in [0.1, 0.15) is 28.4 Å². The molecule has 2 aromatic rings. The van der Waals surface area contributed by atoms with Crippen molar-refractivity contribution in [1.82, 2.24) is 15.4 Å². The van der Waals surface area contributed by atoms with Crippen molar-refractivity contribution in [2.45, 2.75) is 12.3 Å². The molecule has 7 nitrogen and oxygen atoms in total. The fourth-order valence-corrected chi connectivity index (χ4v) is 2.61. The number of hydrogen-bond acceptors (Lipinski definition) is 3. The number of nitrogens with one attached hydrogen (secondary N) is 3. The normalized spacial score (nSPS) is 16.2. The second kappa shape index (κ2) is 5.96. The number of carbonyl (C=O) groups excluding carboxylic acids is 3. The van der Waals surface area contributed by atoms with Gasteiger partial charge in [-0.25, -0.2) is 0 Å². The Hall–Kier alpha value is -3.09. The maximum Gasteiger partial charge on any atom is 0.286 e. The first-order valence-corrected chi connectivity index (χ1v) is 7.16. The molecule has 0 bridgehead atoms. The average Bonchev–Trinajstić information content (AvgIpc) is 2.97. The van der Waals surface area contributed by atoms with Gasteiger partial charge in [0.05, 0.1) is 5.92 Å². The number of hydrazine groups is 1. The van der Waals surface area contributed by atoms with Crippen LogP contribution in [0.15, 0.2) is 42.6 Å². The number of fused-ring (bicyclic) bond motifs is 1. The molecule has 0 spiro atoms. The van der Waals surface area contributed by atoms with Crippen molar-refractivity contribution < 1.29 is 14.4 Å². The van der Waals surface area contributed by atoms with Crippen LogP contribution < -0.4 is 16.2 Å². The van der Waals surface area contributed by atoms with Crippen molar-refractivity contribution >= 4 is 23.4 Å². The van der Waals surface area contributed by atoms with Gasteiger partial charge in [-0.05, 0) is 23.8 Å². The minimum Gasteiger partial charge on any atom is -0.347 e. The molecule has 0 fully saturated rings. The van der Waals surface area contributed by atoms with E-state index in [4.69, 9.17) is 0 Å². The van der Waals surface area contributed by atoms with E-state index in [9.17, 15) is 14.4 Å². The van der Waals surface area contributed by atoms with E-state index in [1.165, 1.54) is 0 Å². The van der Waals surface area contributed by atoms with Crippen LogP contribution in [0.3, 0.4) is 0 Å². The summed E-state index contributed by atoms with van der Waals surface area (Å²) in [5, 5.41) is 2.73. The Bertz CT molecular complexity index is 781. The van der Waals surface area contributed by atoms with Crippen molar-refractivity contribution in [3.63, 3.8) is 0 Å². The quantitative estimate of drug-likeness (QED) is 0.720. The fourth-order valence-electron chi connectivity index (χ4n) is 2.61. The van der Waals surface area contributed by atoms with Crippen LogP contribution >= 0.6 is 0 Å². The minimum absolute atomic E-state index is 0.0445. The van der Waals surface area contributed by atoms with Gasteiger partial charge in [0, 0.05) is 25.4 Å². The zero-order valence-corrected chi connectivity index (χ0v) is 12.5. The Morgan fingerprint density at radius 3 is 2.70 bits per heavy atom. The van der Waals surface area contributed by atoms with Crippen LogP contribution in [-0.4, -0.2) is 22.3 Å². The molecule has 1 unspecified atom stereocenters. The zero-order valence-electron chi connectivity index (χ0n) is 12.5. The fraction of sp³-hybridized carbons (Fsp3) is 0.188. The van der Waals surface area contributed by atoms with Gasteiger partial charge in [0.25, 0.3) is 5.91 Å². The van der Waals surface area contributed by atoms with Gasteiger partial charge in [-0.15, -0.1) is 0 Å². The molecule has 0 radical (unpaired) electrons. The van der Waals surface area contributed by atoms with Gasteiger partial charge in [0.2, 0.25) is 11.8 Å². The summed E-state index contributed by atoms with van der Waals surface area (Å²) in [6.07, 6.45) is 1.78. The highest BCUT2D eigenvalue weighted by Gasteiger charge is 2.30. The van der Waals surface area contributed by atoms with E-state index in [0.29, 0.717) is 11.4 Å². The van der Waals surface area contributed by atoms with Crippen LogP contribution in [0.25, 0.3) is 0 Å². The van der Waals surface area contributed by atoms with Crippen molar-refractivity contribution in [2.75, 3.05) is 5.32 Å². The summed E-state index contributed by atoms with van der Waals surface area (Å²) >= 11 is 0. The summed E-state index contributed by atoms with van der Waals surface area (Å²) in [6.45, 7) is 0. The van der Waals surface area contributed by atoms with Gasteiger partial charge >= 0.3 is 0 Å². The monoisotopic (exact) mass is 312 g/mol. The van der Waals surface area contributed by atoms with E-state index in [-0.39, 0.29) is 12.3 Å². The van der Waals surface area contributed by atoms with Gasteiger partial charge in [-0.3, -0.25) is 25.2 Å². The predicted octanol–water partition coefficient (Wildman–Crippen LogP) is 0.912. The summed E-state index contributed by atoms with van der Waals surface area (Å²) in [6, 6.07) is 10.5. The van der Waals surface area contributed by atoms with Crippen molar-refractivity contribution in [2.24, 2.45) is 7.05 Å². The van der Waals surface area contributed by atoms with Gasteiger partial charge in [0.15, 0.2) is 0 Å². The maximum atomic E-state index is 12.4. The van der Waals surface area contributed by atoms with E-state index in [1.54, 1.807) is 54.2 Å². The lowest BCUT2D eigenvalue weighted by Crippen LogP contribution is -2.45. The third kappa shape index (κ3) is 2.94. The molecule has 7 heteroatoms. The second-order valence-corrected chi connectivity index (χ2v) is 5.34. The first-order chi connectivity index (χ1) is 11.1. The smallest absolute Gasteiger partial charge is 0.286 e. The van der Waals surface area contributed by atoms with Crippen LogP contribution in [0.5, 0.6) is 0 Å². The Labute approximate surface area is 132 Å². The number of carbonyl (C=O) groups is 3. The molecule has 2 heterocycles. The highest BCUT2D eigenvalue weighted by atomic mass is 16.2. The number of aromatic nitrogens is 1. The number of rotatable bonds is 2. The standard InChI is InChI=1S/C16H16N4O3/c1-20-8-4-7-13(20)16(23)19-18-15(22)11-9-14(21)17-12-6-3-2-5-10(11)12/h2-8,11H,9H2,1H3,(H,17,21)(H,18,22)(H,19,23). The van der Waals surface area contributed by atoms with Crippen molar-refractivity contribution in [3.05, 3.63) is 53.9 Å². The average molecular weight is 312 g/mol. The predicted molar refractivity (Wildman–Crippen MR) is 83.5 cm³/mol. The van der Waals surface area contributed by atoms with Crippen LogP contribution in [0.2, 0.25) is 0 Å². The number of aryl methyl sites for hydroxylation is 1. The first-order valence-electron chi connectivity index (χ1n) is 7.16. The summed E-state index contributed by atoms with van der Waals surface area (Å²) in [5.41, 5.74) is 6.55. The van der Waals surface area contributed by atoms with E-state index in [0.717, 1.165) is 5.56 Å². The zero-order chi connectivity index (χ0) is 16.4. The molecule has 3 rings (SSSR count). The Kier molecular flexibility index (Phi) is 3.84. The first kappa shape index (κ1) is 14.8. The van der Waals surface area contributed by atoms with Crippen molar-refractivity contribution in [3.8, 4) is 0 Å². The number of nitrogens with zero attached hydrogens (tertiary/aromatic N) is 1. The Balaban J connectivity index is 1.70. The van der Waals surface area contributed by atoms with Crippen LogP contribution in [0, 0.1) is 0 Å². The molecule has 0 saturated carbocycles. The number of anilines is 1. The summed E-state index contributed by atoms with van der Waals surface area (Å²) < 4.78 is 1.64. The molecule has 0 saturated heterocycles. The highest BCUT2D eigenvalue weighted by Crippen LogP contribution is 2.31. The molecule has 3 amide bonds. The van der Waals surface area contributed by atoms with Gasteiger partial charge in [-0.2, -0.15) is 0 Å². The molecule has 1 aliphatic heterocycles. The second-order valence-electron chi connectivity index (χ2n) is 5.34. The minimum atomic E-state index is -0.631. The third-order valence-electron chi connectivity index (χ3n) is 3.79. The molecule has 118 valence electrons. The van der Waals surface area contributed by atoms with E-state index in [1.807, 2.05) is 0 Å². The molecular formula is C16H16N4O3. The topological polar surface area (TPSA) is 92.2 Å². The molecule has 23 heavy (non-hydrogen) atoms. The summed E-state index contributed by atoms with van der Waals surface area (Å²) in [5.74, 6) is -1.69. The van der Waals surface area contributed by atoms with Crippen LogP contribution in [0.4, 0.5) is 5.69 Å². The molecule has 0 aliphatic carbocycles. The van der Waals surface area contributed by atoms with E-state index >= 15 is 0 Å². The summed E-state index contributed by atoms with van der Waals surface area (Å²) in [4.78, 5) is 36.1. The number of para-hydroxylation sites is 1.